The maximum Gasteiger partial charge on any atom is 1.00 e. The molecule has 0 N–H and O–H groups in total. The van der Waals surface area contributed by atoms with E-state index in [1.165, 1.54) is 70.6 Å². The number of unbranched alkanes of at least 4 members (excludes halogenated alkanes) is 12. The standard InChI is InChI=1S/C16H32O3.Li/c1-2-3-4-5-6-7-8-9-10-11-12-13-14-15-19-16(17)18;/h2-15H2,1H3,(H,17,18);/q;+1/p-1. The van der Waals surface area contributed by atoms with E-state index >= 15 is 0 Å². The smallest absolute Gasteiger partial charge is 0.550 e. The van der Waals surface area contributed by atoms with Gasteiger partial charge in [-0.15, -0.1) is 0 Å². The molecule has 4 heteroatoms. The molecule has 114 valence electrons. The Hall–Kier alpha value is -0.133. The largest absolute Gasteiger partial charge is 1.00 e. The number of hydrogen-bond acceptors (Lipinski definition) is 3. The summed E-state index contributed by atoms with van der Waals surface area (Å²) in [6.45, 7) is 2.55. The van der Waals surface area contributed by atoms with Crippen LogP contribution in [0.3, 0.4) is 0 Å². The Labute approximate surface area is 137 Å². The fourth-order valence-corrected chi connectivity index (χ4v) is 2.28. The molecule has 0 spiro atoms. The molecule has 0 unspecified atom stereocenters. The van der Waals surface area contributed by atoms with Crippen LogP contribution in [0, 0.1) is 0 Å². The average molecular weight is 278 g/mol. The van der Waals surface area contributed by atoms with Crippen molar-refractivity contribution < 1.29 is 33.5 Å². The van der Waals surface area contributed by atoms with Gasteiger partial charge in [-0.2, -0.15) is 0 Å². The quantitative estimate of drug-likeness (QED) is 0.274. The van der Waals surface area contributed by atoms with Gasteiger partial charge in [-0.3, -0.25) is 0 Å². The van der Waals surface area contributed by atoms with Gasteiger partial charge in [0.25, 0.3) is 6.16 Å². The number of carbonyl (C=O) groups excluding carboxylic acids is 1. The van der Waals surface area contributed by atoms with Gasteiger partial charge >= 0.3 is 18.9 Å². The first-order chi connectivity index (χ1) is 9.27. The van der Waals surface area contributed by atoms with Crippen molar-refractivity contribution in [1.82, 2.24) is 0 Å². The maximum atomic E-state index is 9.98. The van der Waals surface area contributed by atoms with Gasteiger partial charge in [-0.25, -0.2) is 0 Å². The van der Waals surface area contributed by atoms with Crippen LogP contribution in [0.5, 0.6) is 0 Å². The Balaban J connectivity index is 0. The molecule has 20 heavy (non-hydrogen) atoms. The number of ether oxygens (including phenoxy) is 1. The van der Waals surface area contributed by atoms with Crippen LogP contribution < -0.4 is 24.0 Å². The normalized spacial score (nSPS) is 10.1. The van der Waals surface area contributed by atoms with Crippen LogP contribution in [0.2, 0.25) is 0 Å². The van der Waals surface area contributed by atoms with Gasteiger partial charge < -0.3 is 14.6 Å². The van der Waals surface area contributed by atoms with Gasteiger partial charge in [0, 0.05) is 6.61 Å². The van der Waals surface area contributed by atoms with Gasteiger partial charge in [-0.05, 0) is 6.42 Å². The summed E-state index contributed by atoms with van der Waals surface area (Å²) in [5.41, 5.74) is 0. The molecule has 3 nitrogen and oxygen atoms in total. The molecule has 0 heterocycles. The third kappa shape index (κ3) is 20.2. The van der Waals surface area contributed by atoms with Gasteiger partial charge in [0.1, 0.15) is 0 Å². The minimum Gasteiger partial charge on any atom is -0.550 e. The predicted molar refractivity (Wildman–Crippen MR) is 77.0 cm³/mol. The molecule has 0 aromatic heterocycles. The molecule has 0 atom stereocenters. The van der Waals surface area contributed by atoms with Crippen LogP contribution in [-0.4, -0.2) is 12.8 Å². The molecule has 0 aliphatic rings. The molecule has 0 aliphatic carbocycles. The minimum absolute atomic E-state index is 0. The first kappa shape index (κ1) is 22.2. The van der Waals surface area contributed by atoms with E-state index in [0.717, 1.165) is 12.8 Å². The summed E-state index contributed by atoms with van der Waals surface area (Å²) in [5.74, 6) is 0. The zero-order valence-electron chi connectivity index (χ0n) is 13.6. The van der Waals surface area contributed by atoms with E-state index in [2.05, 4.69) is 11.7 Å². The van der Waals surface area contributed by atoms with Crippen LogP contribution in [0.4, 0.5) is 4.79 Å². The first-order valence-corrected chi connectivity index (χ1v) is 8.11. The van der Waals surface area contributed by atoms with Gasteiger partial charge in [0.15, 0.2) is 0 Å². The van der Waals surface area contributed by atoms with Crippen molar-refractivity contribution >= 4 is 6.16 Å². The molecule has 0 saturated heterocycles. The summed E-state index contributed by atoms with van der Waals surface area (Å²) in [7, 11) is 0. The minimum atomic E-state index is -1.40. The Morgan fingerprint density at radius 2 is 1.10 bits per heavy atom. The average Bonchev–Trinajstić information content (AvgIpc) is 2.39. The fourth-order valence-electron chi connectivity index (χ4n) is 2.28. The predicted octanol–water partition coefficient (Wildman–Crippen LogP) is 1.44. The third-order valence-electron chi connectivity index (χ3n) is 3.47. The molecule has 0 radical (unpaired) electrons. The third-order valence-corrected chi connectivity index (χ3v) is 3.47. The van der Waals surface area contributed by atoms with Gasteiger partial charge in [0.2, 0.25) is 0 Å². The molecule has 0 bridgehead atoms. The van der Waals surface area contributed by atoms with Crippen LogP contribution in [0.1, 0.15) is 90.4 Å². The van der Waals surface area contributed by atoms with E-state index in [9.17, 15) is 9.90 Å². The van der Waals surface area contributed by atoms with E-state index in [1.54, 1.807) is 0 Å². The van der Waals surface area contributed by atoms with Crippen molar-refractivity contribution in [3.05, 3.63) is 0 Å². The van der Waals surface area contributed by atoms with Crippen molar-refractivity contribution in [1.29, 1.82) is 0 Å². The Morgan fingerprint density at radius 3 is 1.45 bits per heavy atom. The second-order valence-corrected chi connectivity index (χ2v) is 5.34. The number of hydrogen-bond donors (Lipinski definition) is 0. The summed E-state index contributed by atoms with van der Waals surface area (Å²) in [6, 6.07) is 0. The fraction of sp³-hybridized carbons (Fsp3) is 0.938. The van der Waals surface area contributed by atoms with Gasteiger partial charge in [0.05, 0.1) is 0 Å². The number of carboxylic acid groups (broad SMARTS) is 1. The second kappa shape index (κ2) is 18.9. The molecule has 0 amide bonds. The van der Waals surface area contributed by atoms with Gasteiger partial charge in [-0.1, -0.05) is 84.0 Å². The van der Waals surface area contributed by atoms with Crippen molar-refractivity contribution in [3.63, 3.8) is 0 Å². The first-order valence-electron chi connectivity index (χ1n) is 8.11. The van der Waals surface area contributed by atoms with Crippen molar-refractivity contribution in [2.75, 3.05) is 6.61 Å². The summed E-state index contributed by atoms with van der Waals surface area (Å²) in [6.07, 6.45) is 15.3. The Morgan fingerprint density at radius 1 is 0.750 bits per heavy atom. The molecule has 0 aliphatic heterocycles. The summed E-state index contributed by atoms with van der Waals surface area (Å²) >= 11 is 0. The molecule has 0 aromatic rings. The van der Waals surface area contributed by atoms with E-state index in [0.29, 0.717) is 6.61 Å². The SMILES string of the molecule is CCCCCCCCCCCCCCCOC(=O)[O-].[Li+]. The van der Waals surface area contributed by atoms with Crippen molar-refractivity contribution in [2.45, 2.75) is 90.4 Å². The zero-order chi connectivity index (χ0) is 14.2. The van der Waals surface area contributed by atoms with Crippen LogP contribution in [0.25, 0.3) is 0 Å². The number of rotatable bonds is 14. The topological polar surface area (TPSA) is 49.4 Å². The monoisotopic (exact) mass is 278 g/mol. The van der Waals surface area contributed by atoms with Crippen molar-refractivity contribution in [3.8, 4) is 0 Å². The zero-order valence-corrected chi connectivity index (χ0v) is 13.6. The molecule has 0 saturated carbocycles. The van der Waals surface area contributed by atoms with E-state index in [1.807, 2.05) is 0 Å². The van der Waals surface area contributed by atoms with E-state index in [-0.39, 0.29) is 18.9 Å². The van der Waals surface area contributed by atoms with E-state index < -0.39 is 6.16 Å². The van der Waals surface area contributed by atoms with Crippen molar-refractivity contribution in [2.24, 2.45) is 0 Å². The van der Waals surface area contributed by atoms with E-state index in [4.69, 9.17) is 0 Å². The molecule has 0 fully saturated rings. The van der Waals surface area contributed by atoms with Crippen LogP contribution in [0.15, 0.2) is 0 Å². The Kier molecular flexibility index (Phi) is 20.9. The molecular weight excluding hydrogens is 247 g/mol. The molecule has 0 aromatic carbocycles. The molecule has 0 rings (SSSR count). The number of carbonyl (C=O) groups is 1. The molecular formula is C16H31LiO3. The summed E-state index contributed by atoms with van der Waals surface area (Å²) in [5, 5.41) is 9.98. The van der Waals surface area contributed by atoms with Crippen LogP contribution >= 0.6 is 0 Å². The maximum absolute atomic E-state index is 9.98. The Bertz CT molecular complexity index is 198. The van der Waals surface area contributed by atoms with Crippen LogP contribution in [-0.2, 0) is 4.74 Å². The second-order valence-electron chi connectivity index (χ2n) is 5.34. The summed E-state index contributed by atoms with van der Waals surface area (Å²) in [4.78, 5) is 9.98. The summed E-state index contributed by atoms with van der Waals surface area (Å²) < 4.78 is 4.35.